The first-order valence-corrected chi connectivity index (χ1v) is 6.65. The van der Waals surface area contributed by atoms with Crippen molar-refractivity contribution in [3.8, 4) is 0 Å². The molecule has 114 valence electrons. The highest BCUT2D eigenvalue weighted by Crippen LogP contribution is 2.21. The Hall–Kier alpha value is -2.89. The summed E-state index contributed by atoms with van der Waals surface area (Å²) < 4.78 is 5.91. The molecule has 0 bridgehead atoms. The van der Waals surface area contributed by atoms with Crippen LogP contribution in [0.25, 0.3) is 0 Å². The molecule has 0 N–H and O–H groups in total. The Morgan fingerprint density at radius 3 is 2.23 bits per heavy atom. The molecule has 1 amide bonds. The lowest BCUT2D eigenvalue weighted by Gasteiger charge is -2.21. The van der Waals surface area contributed by atoms with Crippen LogP contribution in [0.2, 0.25) is 0 Å². The van der Waals surface area contributed by atoms with Gasteiger partial charge in [-0.2, -0.15) is 4.73 Å². The molecule has 2 rings (SSSR count). The zero-order valence-corrected chi connectivity index (χ0v) is 12.3. The largest absolute Gasteiger partial charge is 0.619 e. The van der Waals surface area contributed by atoms with E-state index < -0.39 is 12.1 Å². The van der Waals surface area contributed by atoms with Crippen molar-refractivity contribution in [1.29, 1.82) is 0 Å². The average molecular weight is 300 g/mol. The lowest BCUT2D eigenvalue weighted by atomic mass is 10.1. The molecule has 2 aromatic rings. The fourth-order valence-electron chi connectivity index (χ4n) is 1.85. The molecule has 0 spiro atoms. The van der Waals surface area contributed by atoms with Crippen molar-refractivity contribution in [3.05, 3.63) is 71.2 Å². The summed E-state index contributed by atoms with van der Waals surface area (Å²) in [7, 11) is 3.18. The molecule has 1 atom stereocenters. The van der Waals surface area contributed by atoms with E-state index in [-0.39, 0.29) is 11.5 Å². The van der Waals surface area contributed by atoms with E-state index >= 15 is 0 Å². The maximum Gasteiger partial charge on any atom is 0.339 e. The lowest BCUT2D eigenvalue weighted by molar-refractivity contribution is -0.605. The number of hydrogen-bond donors (Lipinski definition) is 0. The van der Waals surface area contributed by atoms with Crippen molar-refractivity contribution >= 4 is 11.9 Å². The highest BCUT2D eigenvalue weighted by Gasteiger charge is 2.27. The lowest BCUT2D eigenvalue weighted by Crippen LogP contribution is -2.31. The van der Waals surface area contributed by atoms with Crippen molar-refractivity contribution in [2.24, 2.45) is 0 Å². The number of hydrogen-bond acceptors (Lipinski definition) is 4. The van der Waals surface area contributed by atoms with Crippen molar-refractivity contribution in [3.63, 3.8) is 0 Å². The van der Waals surface area contributed by atoms with E-state index in [1.807, 2.05) is 6.07 Å². The Labute approximate surface area is 128 Å². The van der Waals surface area contributed by atoms with Crippen LogP contribution < -0.4 is 4.73 Å². The van der Waals surface area contributed by atoms with Gasteiger partial charge in [0.2, 0.25) is 6.10 Å². The molecule has 0 aliphatic heterocycles. The van der Waals surface area contributed by atoms with Gasteiger partial charge in [0.1, 0.15) is 0 Å². The van der Waals surface area contributed by atoms with E-state index in [0.717, 1.165) is 0 Å². The van der Waals surface area contributed by atoms with Gasteiger partial charge in [0.25, 0.3) is 5.91 Å². The van der Waals surface area contributed by atoms with Gasteiger partial charge in [-0.15, -0.1) is 0 Å². The van der Waals surface area contributed by atoms with Crippen LogP contribution in [0.15, 0.2) is 54.9 Å². The van der Waals surface area contributed by atoms with Gasteiger partial charge in [-0.1, -0.05) is 30.3 Å². The number of pyridine rings is 1. The maximum absolute atomic E-state index is 12.3. The molecule has 1 aromatic heterocycles. The van der Waals surface area contributed by atoms with Gasteiger partial charge in [-0.3, -0.25) is 4.79 Å². The Bertz CT molecular complexity index is 654. The molecular formula is C16H16N2O4. The minimum absolute atomic E-state index is 0.208. The fourth-order valence-corrected chi connectivity index (χ4v) is 1.85. The van der Waals surface area contributed by atoms with Crippen LogP contribution in [-0.4, -0.2) is 30.9 Å². The molecule has 1 aromatic carbocycles. The van der Waals surface area contributed by atoms with E-state index in [4.69, 9.17) is 4.74 Å². The van der Waals surface area contributed by atoms with Crippen LogP contribution in [0.5, 0.6) is 0 Å². The highest BCUT2D eigenvalue weighted by atomic mass is 16.5. The normalized spacial score (nSPS) is 11.5. The standard InChI is InChI=1S/C16H16N2O4/c1-17(2)15(19)14(12-6-4-3-5-7-12)22-16(20)13-8-10-18(21)11-9-13/h3-11,14H,1-2H3/t14-/m0/s1. The van der Waals surface area contributed by atoms with Gasteiger partial charge in [-0.25, -0.2) is 4.79 Å². The Morgan fingerprint density at radius 1 is 1.09 bits per heavy atom. The van der Waals surface area contributed by atoms with Gasteiger partial charge >= 0.3 is 5.97 Å². The van der Waals surface area contributed by atoms with Crippen molar-refractivity contribution in [1.82, 2.24) is 4.90 Å². The first-order chi connectivity index (χ1) is 10.5. The number of nitrogens with zero attached hydrogens (tertiary/aromatic N) is 2. The molecule has 1 heterocycles. The van der Waals surface area contributed by atoms with Gasteiger partial charge in [0.05, 0.1) is 5.56 Å². The molecule has 0 saturated carbocycles. The molecule has 0 fully saturated rings. The quantitative estimate of drug-likeness (QED) is 0.485. The molecule has 6 heteroatoms. The van der Waals surface area contributed by atoms with Gasteiger partial charge < -0.3 is 14.8 Å². The van der Waals surface area contributed by atoms with Gasteiger partial charge in [0.15, 0.2) is 12.4 Å². The van der Waals surface area contributed by atoms with E-state index in [2.05, 4.69) is 0 Å². The number of amides is 1. The molecule has 0 aliphatic carbocycles. The summed E-state index contributed by atoms with van der Waals surface area (Å²) in [5.74, 6) is -1.00. The fraction of sp³-hybridized carbons (Fsp3) is 0.188. The number of carbonyl (C=O) groups excluding carboxylic acids is 2. The summed E-state index contributed by atoms with van der Waals surface area (Å²) in [5.41, 5.74) is 0.795. The Morgan fingerprint density at radius 2 is 1.68 bits per heavy atom. The van der Waals surface area contributed by atoms with E-state index in [0.29, 0.717) is 10.3 Å². The molecule has 22 heavy (non-hydrogen) atoms. The molecule has 6 nitrogen and oxygen atoms in total. The molecule has 0 saturated heterocycles. The summed E-state index contributed by atoms with van der Waals surface area (Å²) in [6.07, 6.45) is 1.37. The summed E-state index contributed by atoms with van der Waals surface area (Å²) in [6, 6.07) is 11.5. The Kier molecular flexibility index (Phi) is 4.73. The van der Waals surface area contributed by atoms with E-state index in [1.54, 1.807) is 38.4 Å². The number of likely N-dealkylation sites (N-methyl/N-ethyl adjacent to an activating group) is 1. The van der Waals surface area contributed by atoms with E-state index in [9.17, 15) is 14.8 Å². The molecular weight excluding hydrogens is 284 g/mol. The second-order valence-electron chi connectivity index (χ2n) is 4.88. The monoisotopic (exact) mass is 300 g/mol. The third kappa shape index (κ3) is 3.60. The molecule has 0 aliphatic rings. The SMILES string of the molecule is CN(C)C(=O)[C@@H](OC(=O)c1cc[n+]([O-])cc1)c1ccccc1. The van der Waals surface area contributed by atoms with Crippen molar-refractivity contribution in [2.45, 2.75) is 6.10 Å². The van der Waals surface area contributed by atoms with Crippen LogP contribution >= 0.6 is 0 Å². The topological polar surface area (TPSA) is 73.5 Å². The number of rotatable bonds is 4. The van der Waals surface area contributed by atoms with Crippen LogP contribution in [0.3, 0.4) is 0 Å². The van der Waals surface area contributed by atoms with Crippen LogP contribution in [-0.2, 0) is 9.53 Å². The third-order valence-electron chi connectivity index (χ3n) is 3.03. The Balaban J connectivity index is 2.25. The molecule has 0 radical (unpaired) electrons. The summed E-state index contributed by atoms with van der Waals surface area (Å²) in [5, 5.41) is 11.0. The first-order valence-electron chi connectivity index (χ1n) is 6.65. The minimum Gasteiger partial charge on any atom is -0.619 e. The number of aromatic nitrogens is 1. The third-order valence-corrected chi connectivity index (χ3v) is 3.03. The van der Waals surface area contributed by atoms with Crippen LogP contribution in [0, 0.1) is 5.21 Å². The number of benzene rings is 1. The maximum atomic E-state index is 12.3. The predicted octanol–water partition coefficient (Wildman–Crippen LogP) is 1.31. The van der Waals surface area contributed by atoms with Crippen LogP contribution in [0.1, 0.15) is 22.0 Å². The molecule has 0 unspecified atom stereocenters. The summed E-state index contributed by atoms with van der Waals surface area (Å²) >= 11 is 0. The van der Waals surface area contributed by atoms with Gasteiger partial charge in [0, 0.05) is 31.8 Å². The summed E-state index contributed by atoms with van der Waals surface area (Å²) in [4.78, 5) is 25.8. The summed E-state index contributed by atoms with van der Waals surface area (Å²) in [6.45, 7) is 0. The number of ether oxygens (including phenoxy) is 1. The second-order valence-corrected chi connectivity index (χ2v) is 4.88. The first kappa shape index (κ1) is 15.5. The number of carbonyl (C=O) groups is 2. The van der Waals surface area contributed by atoms with Crippen molar-refractivity contribution in [2.75, 3.05) is 14.1 Å². The van der Waals surface area contributed by atoms with Gasteiger partial charge in [-0.05, 0) is 0 Å². The predicted molar refractivity (Wildman–Crippen MR) is 78.7 cm³/mol. The average Bonchev–Trinajstić information content (AvgIpc) is 2.53. The number of esters is 1. The smallest absolute Gasteiger partial charge is 0.339 e. The zero-order valence-electron chi connectivity index (χ0n) is 12.3. The minimum atomic E-state index is -1.02. The second kappa shape index (κ2) is 6.71. The van der Waals surface area contributed by atoms with E-state index in [1.165, 1.54) is 29.4 Å². The van der Waals surface area contributed by atoms with Crippen molar-refractivity contribution < 1.29 is 19.1 Å². The zero-order chi connectivity index (χ0) is 16.1. The van der Waals surface area contributed by atoms with Crippen LogP contribution in [0.4, 0.5) is 0 Å². The highest BCUT2D eigenvalue weighted by molar-refractivity contribution is 5.92.